The van der Waals surface area contributed by atoms with Crippen LogP contribution in [0.15, 0.2) is 53.9 Å². The lowest BCUT2D eigenvalue weighted by Crippen LogP contribution is -2.35. The minimum absolute atomic E-state index is 0.212. The fourth-order valence-corrected chi connectivity index (χ4v) is 3.65. The molecule has 2 aromatic carbocycles. The van der Waals surface area contributed by atoms with Crippen molar-refractivity contribution in [1.82, 2.24) is 10.3 Å². The van der Waals surface area contributed by atoms with E-state index in [1.807, 2.05) is 30.3 Å². The van der Waals surface area contributed by atoms with Gasteiger partial charge in [0.15, 0.2) is 11.6 Å². The molecule has 2 amide bonds. The second-order valence-electron chi connectivity index (χ2n) is 5.85. The van der Waals surface area contributed by atoms with E-state index in [-0.39, 0.29) is 17.8 Å². The minimum atomic E-state index is -0.415. The number of rotatable bonds is 3. The number of amides is 2. The van der Waals surface area contributed by atoms with Gasteiger partial charge in [0.2, 0.25) is 0 Å². The molecule has 26 heavy (non-hydrogen) atoms. The van der Waals surface area contributed by atoms with Gasteiger partial charge in [-0.15, -0.1) is 11.3 Å². The first-order chi connectivity index (χ1) is 12.7. The van der Waals surface area contributed by atoms with Gasteiger partial charge in [-0.05, 0) is 6.07 Å². The molecule has 0 radical (unpaired) electrons. The highest BCUT2D eigenvalue weighted by molar-refractivity contribution is 7.13. The fraction of sp³-hybridized carbons (Fsp3) is 0.158. The third kappa shape index (κ3) is 3.39. The molecule has 0 saturated heterocycles. The van der Waals surface area contributed by atoms with Crippen molar-refractivity contribution in [2.75, 3.05) is 11.9 Å². The Labute approximate surface area is 153 Å². The summed E-state index contributed by atoms with van der Waals surface area (Å²) in [6.45, 7) is 0.355. The summed E-state index contributed by atoms with van der Waals surface area (Å²) < 4.78 is 19.2. The van der Waals surface area contributed by atoms with Gasteiger partial charge >= 0.3 is 6.03 Å². The van der Waals surface area contributed by atoms with Crippen molar-refractivity contribution in [2.45, 2.75) is 12.5 Å². The van der Waals surface area contributed by atoms with Crippen LogP contribution in [-0.2, 0) is 0 Å². The number of carbonyl (C=O) groups is 1. The number of benzene rings is 2. The minimum Gasteiger partial charge on any atom is -0.490 e. The number of anilines is 1. The second kappa shape index (κ2) is 7.13. The maximum absolute atomic E-state index is 13.8. The highest BCUT2D eigenvalue weighted by Crippen LogP contribution is 2.34. The van der Waals surface area contributed by atoms with Crippen molar-refractivity contribution in [1.29, 1.82) is 0 Å². The second-order valence-corrected chi connectivity index (χ2v) is 6.71. The number of fused-ring (bicyclic) bond motifs is 1. The average Bonchev–Trinajstić information content (AvgIpc) is 3.12. The molecule has 0 unspecified atom stereocenters. The maximum atomic E-state index is 13.8. The van der Waals surface area contributed by atoms with Crippen LogP contribution in [-0.4, -0.2) is 17.6 Å². The van der Waals surface area contributed by atoms with Gasteiger partial charge in [0.25, 0.3) is 0 Å². The van der Waals surface area contributed by atoms with Crippen molar-refractivity contribution in [3.05, 3.63) is 65.3 Å². The Balaban J connectivity index is 1.44. The molecule has 0 aliphatic carbocycles. The van der Waals surface area contributed by atoms with Crippen molar-refractivity contribution < 1.29 is 13.9 Å². The number of nitrogens with one attached hydrogen (secondary N) is 2. The molecule has 2 heterocycles. The van der Waals surface area contributed by atoms with Gasteiger partial charge in [0, 0.05) is 22.9 Å². The summed E-state index contributed by atoms with van der Waals surface area (Å²) in [5.41, 5.74) is 1.65. The molecular formula is C19H16FN3O2S. The van der Waals surface area contributed by atoms with Crippen molar-refractivity contribution in [3.63, 3.8) is 0 Å². The van der Waals surface area contributed by atoms with Crippen LogP contribution in [0.4, 0.5) is 15.0 Å². The Morgan fingerprint density at radius 2 is 2.04 bits per heavy atom. The first-order valence-corrected chi connectivity index (χ1v) is 9.08. The largest absolute Gasteiger partial charge is 0.490 e. The standard InChI is InChI=1S/C19H16FN3O2S/c20-14-8-4-7-13-15(9-10-25-17(13)14)21-19(24)23-16-11-26-18(22-16)12-5-2-1-3-6-12/h1-8,11,15H,9-10H2,(H2,21,23,24)/t15-/m0/s1. The monoisotopic (exact) mass is 369 g/mol. The van der Waals surface area contributed by atoms with Gasteiger partial charge in [0.05, 0.1) is 12.6 Å². The number of carbonyl (C=O) groups excluding carboxylic acids is 1. The third-order valence-corrected chi connectivity index (χ3v) is 4.99. The molecular weight excluding hydrogens is 353 g/mol. The fourth-order valence-electron chi connectivity index (χ4n) is 2.89. The third-order valence-electron chi connectivity index (χ3n) is 4.10. The molecule has 132 valence electrons. The Hall–Kier alpha value is -2.93. The lowest BCUT2D eigenvalue weighted by Gasteiger charge is -2.26. The van der Waals surface area contributed by atoms with Crippen molar-refractivity contribution >= 4 is 23.2 Å². The number of halogens is 1. The van der Waals surface area contributed by atoms with E-state index in [9.17, 15) is 9.18 Å². The smallest absolute Gasteiger partial charge is 0.320 e. The normalized spacial score (nSPS) is 15.7. The summed E-state index contributed by atoms with van der Waals surface area (Å²) in [7, 11) is 0. The molecule has 1 aromatic heterocycles. The quantitative estimate of drug-likeness (QED) is 0.709. The summed E-state index contributed by atoms with van der Waals surface area (Å²) >= 11 is 1.46. The van der Waals surface area contributed by atoms with Crippen LogP contribution in [0, 0.1) is 5.82 Å². The van der Waals surface area contributed by atoms with Crippen LogP contribution < -0.4 is 15.4 Å². The van der Waals surface area contributed by atoms with Crippen LogP contribution in [0.2, 0.25) is 0 Å². The lowest BCUT2D eigenvalue weighted by molar-refractivity contribution is 0.227. The highest BCUT2D eigenvalue weighted by atomic mass is 32.1. The summed E-state index contributed by atoms with van der Waals surface area (Å²) in [6.07, 6.45) is 0.580. The Morgan fingerprint density at radius 1 is 1.19 bits per heavy atom. The van der Waals surface area contributed by atoms with Gasteiger partial charge < -0.3 is 10.1 Å². The van der Waals surface area contributed by atoms with E-state index in [2.05, 4.69) is 15.6 Å². The summed E-state index contributed by atoms with van der Waals surface area (Å²) in [5.74, 6) is 0.281. The van der Waals surface area contributed by atoms with Gasteiger partial charge in [0.1, 0.15) is 10.8 Å². The molecule has 4 rings (SSSR count). The number of ether oxygens (including phenoxy) is 1. The SMILES string of the molecule is O=C(Nc1csc(-c2ccccc2)n1)N[C@H]1CCOc2c(F)cccc21. The Morgan fingerprint density at radius 3 is 2.88 bits per heavy atom. The number of urea groups is 1. The van der Waals surface area contributed by atoms with Crippen LogP contribution >= 0.6 is 11.3 Å². The number of para-hydroxylation sites is 1. The maximum Gasteiger partial charge on any atom is 0.320 e. The first-order valence-electron chi connectivity index (χ1n) is 8.20. The van der Waals surface area contributed by atoms with E-state index in [0.29, 0.717) is 24.4 Å². The van der Waals surface area contributed by atoms with Crippen molar-refractivity contribution in [3.8, 4) is 16.3 Å². The van der Waals surface area contributed by atoms with Gasteiger partial charge in [-0.25, -0.2) is 14.2 Å². The molecule has 7 heteroatoms. The van der Waals surface area contributed by atoms with E-state index < -0.39 is 5.82 Å². The molecule has 2 N–H and O–H groups in total. The molecule has 0 saturated carbocycles. The van der Waals surface area contributed by atoms with Gasteiger partial charge in [-0.3, -0.25) is 5.32 Å². The number of thiazole rings is 1. The zero-order valence-electron chi connectivity index (χ0n) is 13.7. The number of nitrogens with zero attached hydrogens (tertiary/aromatic N) is 1. The number of aromatic nitrogens is 1. The topological polar surface area (TPSA) is 63.2 Å². The molecule has 0 fully saturated rings. The van der Waals surface area contributed by atoms with Crippen LogP contribution in [0.1, 0.15) is 18.0 Å². The van der Waals surface area contributed by atoms with Crippen molar-refractivity contribution in [2.24, 2.45) is 0 Å². The molecule has 1 aliphatic rings. The molecule has 3 aromatic rings. The summed E-state index contributed by atoms with van der Waals surface area (Å²) in [5, 5.41) is 8.23. The molecule has 0 spiro atoms. The van der Waals surface area contributed by atoms with Gasteiger partial charge in [-0.2, -0.15) is 0 Å². The zero-order valence-corrected chi connectivity index (χ0v) is 14.6. The lowest BCUT2D eigenvalue weighted by atomic mass is 10.0. The number of hydrogen-bond donors (Lipinski definition) is 2. The predicted molar refractivity (Wildman–Crippen MR) is 99.0 cm³/mol. The van der Waals surface area contributed by atoms with Gasteiger partial charge in [-0.1, -0.05) is 42.5 Å². The summed E-state index contributed by atoms with van der Waals surface area (Å²) in [6, 6.07) is 13.8. The van der Waals surface area contributed by atoms with E-state index in [1.165, 1.54) is 17.4 Å². The molecule has 5 nitrogen and oxygen atoms in total. The highest BCUT2D eigenvalue weighted by Gasteiger charge is 2.25. The average molecular weight is 369 g/mol. The molecule has 1 aliphatic heterocycles. The predicted octanol–water partition coefficient (Wildman–Crippen LogP) is 4.59. The first kappa shape index (κ1) is 16.5. The van der Waals surface area contributed by atoms with Crippen LogP contribution in [0.3, 0.4) is 0 Å². The zero-order chi connectivity index (χ0) is 17.9. The molecule has 1 atom stereocenters. The van der Waals surface area contributed by atoms with Crippen LogP contribution in [0.5, 0.6) is 5.75 Å². The van der Waals surface area contributed by atoms with E-state index >= 15 is 0 Å². The Bertz CT molecular complexity index is 930. The van der Waals surface area contributed by atoms with E-state index in [0.717, 1.165) is 10.6 Å². The number of hydrogen-bond acceptors (Lipinski definition) is 4. The molecule has 0 bridgehead atoms. The van der Waals surface area contributed by atoms with Crippen LogP contribution in [0.25, 0.3) is 10.6 Å². The van der Waals surface area contributed by atoms with E-state index in [4.69, 9.17) is 4.74 Å². The van der Waals surface area contributed by atoms with E-state index in [1.54, 1.807) is 17.5 Å². The Kier molecular flexibility index (Phi) is 4.53. The summed E-state index contributed by atoms with van der Waals surface area (Å²) in [4.78, 5) is 16.8.